The Balaban J connectivity index is 2.36. The molecule has 0 fully saturated rings. The number of hydrogen-bond donors (Lipinski definition) is 1. The first-order valence-corrected chi connectivity index (χ1v) is 5.41. The van der Waals surface area contributed by atoms with Gasteiger partial charge in [0.05, 0.1) is 10.6 Å². The standard InChI is InChI=1S/C11H11NOS/c1-2-5-10-11(13)12-8-6-3-4-7-9(8)14-10/h3-7H,2H2,1H3,(H,12,13)/b10-5+. The van der Waals surface area contributed by atoms with Crippen LogP contribution in [0.2, 0.25) is 0 Å². The van der Waals surface area contributed by atoms with Crippen molar-refractivity contribution in [2.75, 3.05) is 5.32 Å². The van der Waals surface area contributed by atoms with Crippen LogP contribution < -0.4 is 5.32 Å². The van der Waals surface area contributed by atoms with Gasteiger partial charge in [0.2, 0.25) is 0 Å². The van der Waals surface area contributed by atoms with E-state index < -0.39 is 0 Å². The lowest BCUT2D eigenvalue weighted by Gasteiger charge is -2.17. The van der Waals surface area contributed by atoms with Gasteiger partial charge in [-0.25, -0.2) is 0 Å². The van der Waals surface area contributed by atoms with E-state index in [0.717, 1.165) is 21.9 Å². The number of nitrogens with one attached hydrogen (secondary N) is 1. The molecule has 72 valence electrons. The third-order valence-corrected chi connectivity index (χ3v) is 3.12. The maximum Gasteiger partial charge on any atom is 0.262 e. The third kappa shape index (κ3) is 1.68. The molecular weight excluding hydrogens is 194 g/mol. The average Bonchev–Trinajstić information content (AvgIpc) is 2.19. The molecule has 3 heteroatoms. The first-order chi connectivity index (χ1) is 6.81. The zero-order valence-electron chi connectivity index (χ0n) is 7.91. The van der Waals surface area contributed by atoms with Gasteiger partial charge in [-0.15, -0.1) is 0 Å². The van der Waals surface area contributed by atoms with Gasteiger partial charge in [0.1, 0.15) is 0 Å². The quantitative estimate of drug-likeness (QED) is 0.714. The highest BCUT2D eigenvalue weighted by atomic mass is 32.2. The molecule has 0 aliphatic carbocycles. The molecule has 0 saturated carbocycles. The maximum atomic E-state index is 11.5. The van der Waals surface area contributed by atoms with Gasteiger partial charge in [0.25, 0.3) is 5.91 Å². The van der Waals surface area contributed by atoms with E-state index in [1.165, 1.54) is 11.8 Å². The summed E-state index contributed by atoms with van der Waals surface area (Å²) in [5.74, 6) is 0.00977. The molecule has 1 amide bonds. The number of rotatable bonds is 1. The molecule has 1 aromatic carbocycles. The molecule has 0 bridgehead atoms. The Morgan fingerprint density at radius 3 is 3.00 bits per heavy atom. The van der Waals surface area contributed by atoms with Crippen molar-refractivity contribution >= 4 is 23.4 Å². The topological polar surface area (TPSA) is 29.1 Å². The number of hydrogen-bond acceptors (Lipinski definition) is 2. The Hall–Kier alpha value is -1.22. The van der Waals surface area contributed by atoms with Gasteiger partial charge < -0.3 is 5.32 Å². The normalized spacial score (nSPS) is 17.8. The lowest BCUT2D eigenvalue weighted by atomic mass is 10.3. The molecule has 0 atom stereocenters. The molecule has 14 heavy (non-hydrogen) atoms. The van der Waals surface area contributed by atoms with E-state index in [1.807, 2.05) is 37.3 Å². The summed E-state index contributed by atoms with van der Waals surface area (Å²) in [7, 11) is 0. The molecule has 1 heterocycles. The molecule has 0 unspecified atom stereocenters. The number of para-hydroxylation sites is 1. The molecule has 1 aromatic rings. The van der Waals surface area contributed by atoms with Gasteiger partial charge in [-0.2, -0.15) is 0 Å². The van der Waals surface area contributed by atoms with Gasteiger partial charge in [-0.1, -0.05) is 36.9 Å². The van der Waals surface area contributed by atoms with Crippen molar-refractivity contribution in [3.8, 4) is 0 Å². The second-order valence-electron chi connectivity index (χ2n) is 3.03. The maximum absolute atomic E-state index is 11.5. The molecule has 0 radical (unpaired) electrons. The zero-order valence-corrected chi connectivity index (χ0v) is 8.73. The van der Waals surface area contributed by atoms with Crippen LogP contribution in [0.5, 0.6) is 0 Å². The smallest absolute Gasteiger partial charge is 0.262 e. The molecule has 0 saturated heterocycles. The Labute approximate surface area is 87.4 Å². The predicted molar refractivity (Wildman–Crippen MR) is 59.3 cm³/mol. The fourth-order valence-corrected chi connectivity index (χ4v) is 2.33. The van der Waals surface area contributed by atoms with Crippen molar-refractivity contribution in [1.29, 1.82) is 0 Å². The minimum Gasteiger partial charge on any atom is -0.320 e. The number of carbonyl (C=O) groups is 1. The summed E-state index contributed by atoms with van der Waals surface area (Å²) in [4.78, 5) is 13.5. The van der Waals surface area contributed by atoms with Crippen molar-refractivity contribution in [3.05, 3.63) is 35.2 Å². The minimum absolute atomic E-state index is 0.00977. The third-order valence-electron chi connectivity index (χ3n) is 1.97. The summed E-state index contributed by atoms with van der Waals surface area (Å²) in [6, 6.07) is 7.84. The lowest BCUT2D eigenvalue weighted by molar-refractivity contribution is -0.112. The molecule has 2 nitrogen and oxygen atoms in total. The van der Waals surface area contributed by atoms with Crippen LogP contribution in [0, 0.1) is 0 Å². The number of amides is 1. The van der Waals surface area contributed by atoms with Gasteiger partial charge in [-0.05, 0) is 18.6 Å². The number of thioether (sulfide) groups is 1. The second-order valence-corrected chi connectivity index (χ2v) is 4.11. The van der Waals surface area contributed by atoms with Crippen LogP contribution in [0.15, 0.2) is 40.1 Å². The van der Waals surface area contributed by atoms with Crippen LogP contribution in [0.4, 0.5) is 5.69 Å². The molecule has 1 aliphatic rings. The predicted octanol–water partition coefficient (Wildman–Crippen LogP) is 3.02. The number of benzene rings is 1. The summed E-state index contributed by atoms with van der Waals surface area (Å²) in [5.41, 5.74) is 0.913. The summed E-state index contributed by atoms with van der Waals surface area (Å²) in [6.07, 6.45) is 2.84. The number of allylic oxidation sites excluding steroid dienone is 1. The largest absolute Gasteiger partial charge is 0.320 e. The molecular formula is C11H11NOS. The number of fused-ring (bicyclic) bond motifs is 1. The van der Waals surface area contributed by atoms with E-state index in [0.29, 0.717) is 0 Å². The van der Waals surface area contributed by atoms with Crippen molar-refractivity contribution in [1.82, 2.24) is 0 Å². The number of anilines is 1. The van der Waals surface area contributed by atoms with E-state index >= 15 is 0 Å². The Morgan fingerprint density at radius 2 is 2.21 bits per heavy atom. The highest BCUT2D eigenvalue weighted by Gasteiger charge is 2.19. The van der Waals surface area contributed by atoms with Crippen LogP contribution in [0.3, 0.4) is 0 Å². The van der Waals surface area contributed by atoms with Gasteiger partial charge in [-0.3, -0.25) is 4.79 Å². The average molecular weight is 205 g/mol. The molecule has 1 N–H and O–H groups in total. The minimum atomic E-state index is 0.00977. The molecule has 1 aliphatic heterocycles. The SMILES string of the molecule is CC/C=C1/Sc2ccccc2NC1=O. The van der Waals surface area contributed by atoms with E-state index in [9.17, 15) is 4.79 Å². The fraction of sp³-hybridized carbons (Fsp3) is 0.182. The zero-order chi connectivity index (χ0) is 9.97. The van der Waals surface area contributed by atoms with Crippen molar-refractivity contribution in [2.45, 2.75) is 18.2 Å². The van der Waals surface area contributed by atoms with Gasteiger partial charge >= 0.3 is 0 Å². The van der Waals surface area contributed by atoms with Crippen LogP contribution in [-0.2, 0) is 4.79 Å². The molecule has 0 aromatic heterocycles. The van der Waals surface area contributed by atoms with E-state index in [-0.39, 0.29) is 5.91 Å². The van der Waals surface area contributed by atoms with Crippen molar-refractivity contribution < 1.29 is 4.79 Å². The van der Waals surface area contributed by atoms with E-state index in [4.69, 9.17) is 0 Å². The summed E-state index contributed by atoms with van der Waals surface area (Å²) >= 11 is 1.54. The highest BCUT2D eigenvalue weighted by molar-refractivity contribution is 8.04. The fourth-order valence-electron chi connectivity index (χ4n) is 1.33. The van der Waals surface area contributed by atoms with Crippen molar-refractivity contribution in [3.63, 3.8) is 0 Å². The Bertz CT molecular complexity index is 398. The summed E-state index contributed by atoms with van der Waals surface area (Å²) < 4.78 is 0. The van der Waals surface area contributed by atoms with Crippen LogP contribution in [-0.4, -0.2) is 5.91 Å². The summed E-state index contributed by atoms with van der Waals surface area (Å²) in [5, 5.41) is 2.87. The first kappa shape index (κ1) is 9.34. The second kappa shape index (κ2) is 3.88. The van der Waals surface area contributed by atoms with Crippen LogP contribution >= 0.6 is 11.8 Å². The first-order valence-electron chi connectivity index (χ1n) is 4.59. The van der Waals surface area contributed by atoms with Gasteiger partial charge in [0, 0.05) is 4.90 Å². The Morgan fingerprint density at radius 1 is 1.43 bits per heavy atom. The summed E-state index contributed by atoms with van der Waals surface area (Å²) in [6.45, 7) is 2.03. The van der Waals surface area contributed by atoms with E-state index in [1.54, 1.807) is 0 Å². The lowest BCUT2D eigenvalue weighted by Crippen LogP contribution is -2.17. The van der Waals surface area contributed by atoms with Crippen LogP contribution in [0.25, 0.3) is 0 Å². The highest BCUT2D eigenvalue weighted by Crippen LogP contribution is 2.37. The molecule has 0 spiro atoms. The van der Waals surface area contributed by atoms with Gasteiger partial charge in [0.15, 0.2) is 0 Å². The van der Waals surface area contributed by atoms with Crippen molar-refractivity contribution in [2.24, 2.45) is 0 Å². The molecule has 2 rings (SSSR count). The monoisotopic (exact) mass is 205 g/mol. The number of carbonyl (C=O) groups excluding carboxylic acids is 1. The Kier molecular flexibility index (Phi) is 2.59. The van der Waals surface area contributed by atoms with Crippen LogP contribution in [0.1, 0.15) is 13.3 Å². The van der Waals surface area contributed by atoms with E-state index in [2.05, 4.69) is 5.32 Å².